The minimum Gasteiger partial charge on any atom is -0.478 e. The van der Waals surface area contributed by atoms with Crippen LogP contribution < -0.4 is 5.32 Å². The van der Waals surface area contributed by atoms with Crippen molar-refractivity contribution in [1.82, 2.24) is 0 Å². The number of carbonyl (C=O) groups is 1. The molecule has 0 saturated carbocycles. The lowest BCUT2D eigenvalue weighted by atomic mass is 10.1. The molecule has 0 bridgehead atoms. The molecule has 0 aliphatic rings. The van der Waals surface area contributed by atoms with Gasteiger partial charge in [-0.15, -0.1) is 0 Å². The molecule has 2 aromatic rings. The van der Waals surface area contributed by atoms with Gasteiger partial charge in [0.15, 0.2) is 0 Å². The maximum Gasteiger partial charge on any atom is 0.337 e. The highest BCUT2D eigenvalue weighted by molar-refractivity contribution is 6.30. The molecule has 0 spiro atoms. The number of aryl methyl sites for hydroxylation is 1. The summed E-state index contributed by atoms with van der Waals surface area (Å²) in [6, 6.07) is 12.7. The van der Waals surface area contributed by atoms with Gasteiger partial charge in [-0.25, -0.2) is 4.79 Å². The first kappa shape index (κ1) is 13.4. The maximum absolute atomic E-state index is 11.2. The molecule has 0 atom stereocenters. The van der Waals surface area contributed by atoms with Gasteiger partial charge in [0.25, 0.3) is 0 Å². The monoisotopic (exact) mass is 275 g/mol. The van der Waals surface area contributed by atoms with Crippen molar-refractivity contribution in [3.05, 3.63) is 64.2 Å². The van der Waals surface area contributed by atoms with Gasteiger partial charge >= 0.3 is 5.97 Å². The van der Waals surface area contributed by atoms with Gasteiger partial charge in [-0.2, -0.15) is 0 Å². The Balaban J connectivity index is 2.19. The summed E-state index contributed by atoms with van der Waals surface area (Å²) >= 11 is 5.82. The zero-order valence-corrected chi connectivity index (χ0v) is 11.2. The molecule has 0 fully saturated rings. The van der Waals surface area contributed by atoms with Crippen molar-refractivity contribution in [2.75, 3.05) is 5.32 Å². The third-order valence-corrected chi connectivity index (χ3v) is 3.14. The number of hydrogen-bond donors (Lipinski definition) is 2. The van der Waals surface area contributed by atoms with Crippen LogP contribution in [0.5, 0.6) is 0 Å². The summed E-state index contributed by atoms with van der Waals surface area (Å²) in [5.74, 6) is -0.928. The van der Waals surface area contributed by atoms with Gasteiger partial charge in [-0.3, -0.25) is 0 Å². The van der Waals surface area contributed by atoms with Crippen molar-refractivity contribution in [2.24, 2.45) is 0 Å². The van der Waals surface area contributed by atoms with Gasteiger partial charge in [0, 0.05) is 11.6 Å². The summed E-state index contributed by atoms with van der Waals surface area (Å²) in [7, 11) is 0. The number of aromatic carboxylic acids is 1. The zero-order chi connectivity index (χ0) is 13.8. The van der Waals surface area contributed by atoms with Gasteiger partial charge < -0.3 is 10.4 Å². The Kier molecular flexibility index (Phi) is 4.07. The largest absolute Gasteiger partial charge is 0.478 e. The molecule has 0 saturated heterocycles. The van der Waals surface area contributed by atoms with Crippen LogP contribution in [0.4, 0.5) is 5.69 Å². The van der Waals surface area contributed by atoms with Crippen molar-refractivity contribution in [3.8, 4) is 0 Å². The van der Waals surface area contributed by atoms with Crippen LogP contribution in [0, 0.1) is 6.92 Å². The summed E-state index contributed by atoms with van der Waals surface area (Å²) < 4.78 is 0. The standard InChI is InChI=1S/C15H14ClNO2/c1-10-3-2-4-13(15(18)19)14(10)17-9-11-5-7-12(16)8-6-11/h2-8,17H,9H2,1H3,(H,18,19). The predicted octanol–water partition coefficient (Wildman–Crippen LogP) is 3.96. The molecule has 98 valence electrons. The first-order valence-electron chi connectivity index (χ1n) is 5.89. The van der Waals surface area contributed by atoms with Crippen LogP contribution in [-0.4, -0.2) is 11.1 Å². The molecule has 3 nitrogen and oxygen atoms in total. The van der Waals surface area contributed by atoms with Gasteiger partial charge in [0.05, 0.1) is 11.3 Å². The van der Waals surface area contributed by atoms with Crippen LogP contribution in [0.2, 0.25) is 5.02 Å². The average Bonchev–Trinajstić information content (AvgIpc) is 2.39. The lowest BCUT2D eigenvalue weighted by Crippen LogP contribution is -2.07. The van der Waals surface area contributed by atoms with E-state index < -0.39 is 5.97 Å². The molecule has 2 aromatic carbocycles. The number of hydrogen-bond acceptors (Lipinski definition) is 2. The topological polar surface area (TPSA) is 49.3 Å². The van der Waals surface area contributed by atoms with Crippen LogP contribution in [0.25, 0.3) is 0 Å². The van der Waals surface area contributed by atoms with Gasteiger partial charge in [0.1, 0.15) is 0 Å². The first-order valence-corrected chi connectivity index (χ1v) is 6.27. The molecular formula is C15H14ClNO2. The van der Waals surface area contributed by atoms with Crippen molar-refractivity contribution in [1.29, 1.82) is 0 Å². The number of rotatable bonds is 4. The second kappa shape index (κ2) is 5.76. The number of carboxylic acids is 1. The smallest absolute Gasteiger partial charge is 0.337 e. The molecule has 0 unspecified atom stereocenters. The maximum atomic E-state index is 11.2. The summed E-state index contributed by atoms with van der Waals surface area (Å²) in [5.41, 5.74) is 2.90. The Morgan fingerprint density at radius 3 is 2.53 bits per heavy atom. The molecule has 0 heterocycles. The van der Waals surface area contributed by atoms with E-state index >= 15 is 0 Å². The molecule has 4 heteroatoms. The molecule has 2 rings (SSSR count). The minimum absolute atomic E-state index is 0.286. The summed E-state index contributed by atoms with van der Waals surface area (Å²) in [4.78, 5) is 11.2. The van der Waals surface area contributed by atoms with Crippen molar-refractivity contribution in [2.45, 2.75) is 13.5 Å². The Labute approximate surface area is 116 Å². The molecule has 0 aromatic heterocycles. The molecule has 0 aliphatic heterocycles. The van der Waals surface area contributed by atoms with E-state index in [1.807, 2.05) is 37.3 Å². The van der Waals surface area contributed by atoms with Crippen LogP contribution >= 0.6 is 11.6 Å². The zero-order valence-electron chi connectivity index (χ0n) is 10.5. The average molecular weight is 276 g/mol. The molecular weight excluding hydrogens is 262 g/mol. The highest BCUT2D eigenvalue weighted by atomic mass is 35.5. The summed E-state index contributed by atoms with van der Waals surface area (Å²) in [6.07, 6.45) is 0. The Hall–Kier alpha value is -2.00. The van der Waals surface area contributed by atoms with Crippen molar-refractivity contribution >= 4 is 23.3 Å². The van der Waals surface area contributed by atoms with Gasteiger partial charge in [-0.05, 0) is 36.2 Å². The van der Waals surface area contributed by atoms with E-state index in [4.69, 9.17) is 16.7 Å². The fourth-order valence-electron chi connectivity index (χ4n) is 1.87. The molecule has 0 radical (unpaired) electrons. The van der Waals surface area contributed by atoms with E-state index in [9.17, 15) is 4.79 Å². The number of halogens is 1. The molecule has 2 N–H and O–H groups in total. The van der Waals surface area contributed by atoms with E-state index in [1.54, 1.807) is 12.1 Å². The predicted molar refractivity (Wildman–Crippen MR) is 76.9 cm³/mol. The van der Waals surface area contributed by atoms with Crippen LogP contribution in [0.15, 0.2) is 42.5 Å². The van der Waals surface area contributed by atoms with Crippen molar-refractivity contribution in [3.63, 3.8) is 0 Å². The SMILES string of the molecule is Cc1cccc(C(=O)O)c1NCc1ccc(Cl)cc1. The van der Waals surface area contributed by atoms with Crippen molar-refractivity contribution < 1.29 is 9.90 Å². The number of anilines is 1. The highest BCUT2D eigenvalue weighted by Gasteiger charge is 2.11. The lowest BCUT2D eigenvalue weighted by molar-refractivity contribution is 0.0698. The third kappa shape index (κ3) is 3.26. The second-order valence-electron chi connectivity index (χ2n) is 4.28. The fraction of sp³-hybridized carbons (Fsp3) is 0.133. The highest BCUT2D eigenvalue weighted by Crippen LogP contribution is 2.21. The molecule has 19 heavy (non-hydrogen) atoms. The quantitative estimate of drug-likeness (QED) is 0.888. The Morgan fingerprint density at radius 2 is 1.89 bits per heavy atom. The van der Waals surface area contributed by atoms with Crippen LogP contribution in [-0.2, 0) is 6.54 Å². The number of carboxylic acid groups (broad SMARTS) is 1. The minimum atomic E-state index is -0.928. The van der Waals surface area contributed by atoms with Gasteiger partial charge in [0.2, 0.25) is 0 Å². The lowest BCUT2D eigenvalue weighted by Gasteiger charge is -2.12. The normalized spacial score (nSPS) is 10.2. The van der Waals surface area contributed by atoms with Crippen LogP contribution in [0.3, 0.4) is 0 Å². The number of nitrogens with one attached hydrogen (secondary N) is 1. The fourth-order valence-corrected chi connectivity index (χ4v) is 2.00. The number of para-hydroxylation sites is 1. The second-order valence-corrected chi connectivity index (χ2v) is 4.72. The molecule has 0 aliphatic carbocycles. The van der Waals surface area contributed by atoms with Crippen LogP contribution in [0.1, 0.15) is 21.5 Å². The van der Waals surface area contributed by atoms with E-state index in [0.29, 0.717) is 17.3 Å². The first-order chi connectivity index (χ1) is 9.08. The summed E-state index contributed by atoms with van der Waals surface area (Å²) in [5, 5.41) is 13.0. The van der Waals surface area contributed by atoms with Gasteiger partial charge in [-0.1, -0.05) is 35.9 Å². The van der Waals surface area contributed by atoms with E-state index in [-0.39, 0.29) is 5.56 Å². The van der Waals surface area contributed by atoms with E-state index in [2.05, 4.69) is 5.32 Å². The van der Waals surface area contributed by atoms with E-state index in [1.165, 1.54) is 0 Å². The Morgan fingerprint density at radius 1 is 1.21 bits per heavy atom. The number of benzene rings is 2. The summed E-state index contributed by atoms with van der Waals surface area (Å²) in [6.45, 7) is 2.44. The third-order valence-electron chi connectivity index (χ3n) is 2.89. The Bertz CT molecular complexity index is 594. The van der Waals surface area contributed by atoms with E-state index in [0.717, 1.165) is 11.1 Å². The molecule has 0 amide bonds.